The lowest BCUT2D eigenvalue weighted by molar-refractivity contribution is -0.189. The Hall–Kier alpha value is -1.80. The molecular weight excluding hydrogens is 397 g/mol. The summed E-state index contributed by atoms with van der Waals surface area (Å²) >= 11 is 5.40. The number of alkyl halides is 4. The Morgan fingerprint density at radius 3 is 2.64 bits per heavy atom. The minimum absolute atomic E-state index is 0.0339. The highest BCUT2D eigenvalue weighted by molar-refractivity contribution is 6.29. The fraction of sp³-hybridized carbons (Fsp3) is 0.579. The van der Waals surface area contributed by atoms with Gasteiger partial charge in [-0.15, -0.1) is 11.6 Å². The average Bonchev–Trinajstić information content (AvgIpc) is 2.64. The lowest BCUT2D eigenvalue weighted by Crippen LogP contribution is -2.70. The molecule has 1 saturated carbocycles. The van der Waals surface area contributed by atoms with Gasteiger partial charge in [-0.1, -0.05) is 13.8 Å². The zero-order valence-electron chi connectivity index (χ0n) is 15.5. The van der Waals surface area contributed by atoms with Crippen molar-refractivity contribution < 1.29 is 27.5 Å². The number of halogens is 4. The highest BCUT2D eigenvalue weighted by Crippen LogP contribution is 2.51. The van der Waals surface area contributed by atoms with Gasteiger partial charge < -0.3 is 15.4 Å². The highest BCUT2D eigenvalue weighted by atomic mass is 35.5. The van der Waals surface area contributed by atoms with Crippen molar-refractivity contribution >= 4 is 29.1 Å². The Morgan fingerprint density at radius 1 is 1.29 bits per heavy atom. The molecule has 2 fully saturated rings. The van der Waals surface area contributed by atoms with Crippen LogP contribution in [0.15, 0.2) is 18.2 Å². The van der Waals surface area contributed by atoms with Crippen LogP contribution in [0.1, 0.15) is 42.6 Å². The zero-order valence-corrected chi connectivity index (χ0v) is 16.3. The number of hydrogen-bond acceptors (Lipinski definition) is 3. The van der Waals surface area contributed by atoms with E-state index in [0.717, 1.165) is 25.0 Å². The fourth-order valence-corrected chi connectivity index (χ4v) is 4.30. The summed E-state index contributed by atoms with van der Waals surface area (Å²) in [6.07, 6.45) is -2.83. The van der Waals surface area contributed by atoms with Gasteiger partial charge >= 0.3 is 6.18 Å². The monoisotopic (exact) mass is 418 g/mol. The maximum Gasteiger partial charge on any atom is 0.416 e. The summed E-state index contributed by atoms with van der Waals surface area (Å²) in [7, 11) is 0. The third-order valence-corrected chi connectivity index (χ3v) is 5.79. The minimum atomic E-state index is -4.66. The molecule has 2 N–H and O–H groups in total. The lowest BCUT2D eigenvalue weighted by Gasteiger charge is -2.59. The Labute approximate surface area is 166 Å². The van der Waals surface area contributed by atoms with Gasteiger partial charge in [0.15, 0.2) is 0 Å². The zero-order chi connectivity index (χ0) is 20.7. The second-order valence-corrected chi connectivity index (χ2v) is 8.12. The molecule has 1 saturated heterocycles. The van der Waals surface area contributed by atoms with Gasteiger partial charge in [0.2, 0.25) is 5.91 Å². The number of anilines is 1. The molecule has 1 aromatic rings. The normalized spacial score (nSPS) is 26.0. The predicted molar refractivity (Wildman–Crippen MR) is 98.3 cm³/mol. The van der Waals surface area contributed by atoms with Crippen LogP contribution in [0.5, 0.6) is 0 Å². The van der Waals surface area contributed by atoms with Gasteiger partial charge in [0.25, 0.3) is 5.91 Å². The molecule has 0 spiro atoms. The molecule has 0 radical (unpaired) electrons. The van der Waals surface area contributed by atoms with Crippen molar-refractivity contribution in [1.82, 2.24) is 5.32 Å². The standard InChI is InChI=1S/C19H22ClF3N2O3/c1-18(2)15(13-4-3-5-28-16(13)18)25-17(27)10-6-11(19(21,22)23)8-12(7-10)24-14(26)9-20/h6-8,13,15-16H,3-5,9H2,1-2H3,(H,24,26)(H,25,27). The van der Waals surface area contributed by atoms with Gasteiger partial charge in [-0.2, -0.15) is 13.2 Å². The summed E-state index contributed by atoms with van der Waals surface area (Å²) in [5, 5.41) is 5.14. The van der Waals surface area contributed by atoms with E-state index in [-0.39, 0.29) is 34.7 Å². The lowest BCUT2D eigenvalue weighted by atomic mass is 9.55. The van der Waals surface area contributed by atoms with Crippen molar-refractivity contribution in [3.63, 3.8) is 0 Å². The first-order chi connectivity index (χ1) is 13.0. The van der Waals surface area contributed by atoms with Gasteiger partial charge in [0, 0.05) is 35.2 Å². The van der Waals surface area contributed by atoms with E-state index in [1.165, 1.54) is 6.07 Å². The van der Waals surface area contributed by atoms with Gasteiger partial charge in [0.05, 0.1) is 11.7 Å². The smallest absolute Gasteiger partial charge is 0.377 e. The van der Waals surface area contributed by atoms with Crippen molar-refractivity contribution in [1.29, 1.82) is 0 Å². The Morgan fingerprint density at radius 2 is 2.00 bits per heavy atom. The molecule has 154 valence electrons. The van der Waals surface area contributed by atoms with E-state index < -0.39 is 29.4 Å². The van der Waals surface area contributed by atoms with Crippen LogP contribution in [0, 0.1) is 11.3 Å². The number of amides is 2. The quantitative estimate of drug-likeness (QED) is 0.730. The highest BCUT2D eigenvalue weighted by Gasteiger charge is 2.58. The number of hydrogen-bond donors (Lipinski definition) is 2. The molecule has 28 heavy (non-hydrogen) atoms. The van der Waals surface area contributed by atoms with Crippen LogP contribution in [0.4, 0.5) is 18.9 Å². The predicted octanol–water partition coefficient (Wildman–Crippen LogP) is 3.82. The number of rotatable bonds is 4. The molecule has 2 amide bonds. The molecule has 3 atom stereocenters. The summed E-state index contributed by atoms with van der Waals surface area (Å²) in [6.45, 7) is 4.63. The molecule has 3 rings (SSSR count). The van der Waals surface area contributed by atoms with Crippen molar-refractivity contribution in [2.24, 2.45) is 11.3 Å². The van der Waals surface area contributed by atoms with Crippen LogP contribution < -0.4 is 10.6 Å². The molecule has 3 unspecified atom stereocenters. The first-order valence-electron chi connectivity index (χ1n) is 9.04. The van der Waals surface area contributed by atoms with E-state index in [2.05, 4.69) is 10.6 Å². The summed E-state index contributed by atoms with van der Waals surface area (Å²) < 4.78 is 45.5. The second-order valence-electron chi connectivity index (χ2n) is 7.85. The molecule has 1 aliphatic carbocycles. The van der Waals surface area contributed by atoms with E-state index in [0.29, 0.717) is 6.61 Å². The average molecular weight is 419 g/mol. The summed E-state index contributed by atoms with van der Waals surface area (Å²) in [5.41, 5.74) is -1.62. The number of benzene rings is 1. The summed E-state index contributed by atoms with van der Waals surface area (Å²) in [5.74, 6) is -1.53. The maximum atomic E-state index is 13.2. The Kier molecular flexibility index (Phi) is 5.64. The van der Waals surface area contributed by atoms with Crippen LogP contribution in [-0.2, 0) is 15.7 Å². The third kappa shape index (κ3) is 3.98. The molecule has 9 heteroatoms. The molecule has 0 aromatic heterocycles. The number of nitrogens with one attached hydrogen (secondary N) is 2. The molecular formula is C19H22ClF3N2O3. The Bertz CT molecular complexity index is 782. The minimum Gasteiger partial charge on any atom is -0.377 e. The van der Waals surface area contributed by atoms with E-state index >= 15 is 0 Å². The van der Waals surface area contributed by atoms with E-state index in [4.69, 9.17) is 16.3 Å². The van der Waals surface area contributed by atoms with Gasteiger partial charge in [-0.3, -0.25) is 9.59 Å². The number of fused-ring (bicyclic) bond motifs is 1. The molecule has 2 aliphatic rings. The largest absolute Gasteiger partial charge is 0.416 e. The Balaban J connectivity index is 1.84. The summed E-state index contributed by atoms with van der Waals surface area (Å²) in [4.78, 5) is 24.2. The van der Waals surface area contributed by atoms with Crippen LogP contribution >= 0.6 is 11.6 Å². The first kappa shape index (κ1) is 20.9. The molecule has 1 aliphatic heterocycles. The van der Waals surface area contributed by atoms with Gasteiger partial charge in [-0.05, 0) is 31.0 Å². The van der Waals surface area contributed by atoms with Crippen molar-refractivity contribution in [3.8, 4) is 0 Å². The van der Waals surface area contributed by atoms with Crippen molar-refractivity contribution in [2.75, 3.05) is 17.8 Å². The van der Waals surface area contributed by atoms with E-state index in [9.17, 15) is 22.8 Å². The van der Waals surface area contributed by atoms with Crippen LogP contribution in [-0.4, -0.2) is 36.4 Å². The maximum absolute atomic E-state index is 13.2. The molecule has 0 bridgehead atoms. The van der Waals surface area contributed by atoms with Gasteiger partial charge in [-0.25, -0.2) is 0 Å². The SMILES string of the molecule is CC1(C)C(NC(=O)c2cc(NC(=O)CCl)cc(C(F)(F)F)c2)C2CCCOC21. The number of carbonyl (C=O) groups is 2. The number of carbonyl (C=O) groups excluding carboxylic acids is 2. The van der Waals surface area contributed by atoms with Crippen LogP contribution in [0.3, 0.4) is 0 Å². The van der Waals surface area contributed by atoms with Gasteiger partial charge in [0.1, 0.15) is 5.88 Å². The van der Waals surface area contributed by atoms with Crippen LogP contribution in [0.25, 0.3) is 0 Å². The van der Waals surface area contributed by atoms with E-state index in [1.807, 2.05) is 13.8 Å². The topological polar surface area (TPSA) is 67.4 Å². The van der Waals surface area contributed by atoms with E-state index in [1.54, 1.807) is 0 Å². The van der Waals surface area contributed by atoms with Crippen molar-refractivity contribution in [2.45, 2.75) is 45.0 Å². The van der Waals surface area contributed by atoms with Crippen molar-refractivity contribution in [3.05, 3.63) is 29.3 Å². The summed E-state index contributed by atoms with van der Waals surface area (Å²) in [6, 6.07) is 2.59. The first-order valence-corrected chi connectivity index (χ1v) is 9.58. The third-order valence-electron chi connectivity index (χ3n) is 5.55. The molecule has 5 nitrogen and oxygen atoms in total. The number of ether oxygens (including phenoxy) is 1. The molecule has 1 aromatic carbocycles. The fourth-order valence-electron chi connectivity index (χ4n) is 4.23. The molecule has 1 heterocycles. The van der Waals surface area contributed by atoms with Crippen LogP contribution in [0.2, 0.25) is 0 Å². The second kappa shape index (κ2) is 7.55.